The Labute approximate surface area is 75.0 Å². The smallest absolute Gasteiger partial charge is 0.115 e. The molecular weight excluding hydrogens is 155 g/mol. The third kappa shape index (κ3) is 7.99. The Kier molecular flexibility index (Phi) is 8.90. The van der Waals surface area contributed by atoms with Gasteiger partial charge in [0.25, 0.3) is 0 Å². The standard InChI is InChI=1S/C10H21FO/c1-2-3-4-5-6-7-8-10(12)9-11/h10,12H,2-9H2,1H3. The van der Waals surface area contributed by atoms with Crippen molar-refractivity contribution in [1.82, 2.24) is 0 Å². The van der Waals surface area contributed by atoms with E-state index in [-0.39, 0.29) is 0 Å². The highest BCUT2D eigenvalue weighted by molar-refractivity contribution is 4.53. The predicted octanol–water partition coefficient (Wildman–Crippen LogP) is 3.07. The van der Waals surface area contributed by atoms with Gasteiger partial charge in [0.05, 0.1) is 6.10 Å². The minimum absolute atomic E-state index is 0.588. The van der Waals surface area contributed by atoms with Crippen LogP contribution >= 0.6 is 0 Å². The Morgan fingerprint density at radius 3 is 2.25 bits per heavy atom. The van der Waals surface area contributed by atoms with E-state index in [0.717, 1.165) is 12.8 Å². The molecule has 0 aliphatic rings. The summed E-state index contributed by atoms with van der Waals surface area (Å²) in [4.78, 5) is 0. The zero-order valence-electron chi connectivity index (χ0n) is 8.06. The van der Waals surface area contributed by atoms with Crippen LogP contribution in [-0.4, -0.2) is 17.9 Å². The summed E-state index contributed by atoms with van der Waals surface area (Å²) in [6, 6.07) is 0. The first-order chi connectivity index (χ1) is 5.81. The van der Waals surface area contributed by atoms with E-state index >= 15 is 0 Å². The van der Waals surface area contributed by atoms with Crippen LogP contribution in [0, 0.1) is 0 Å². The first-order valence-electron chi connectivity index (χ1n) is 5.05. The maximum atomic E-state index is 11.8. The van der Waals surface area contributed by atoms with Crippen LogP contribution < -0.4 is 0 Å². The van der Waals surface area contributed by atoms with Crippen molar-refractivity contribution in [2.75, 3.05) is 6.67 Å². The van der Waals surface area contributed by atoms with Gasteiger partial charge in [0.1, 0.15) is 6.67 Å². The Morgan fingerprint density at radius 1 is 1.08 bits per heavy atom. The van der Waals surface area contributed by atoms with Gasteiger partial charge < -0.3 is 5.11 Å². The number of aliphatic hydroxyl groups is 1. The molecule has 0 fully saturated rings. The van der Waals surface area contributed by atoms with E-state index in [4.69, 9.17) is 5.11 Å². The molecule has 0 amide bonds. The third-order valence-corrected chi connectivity index (χ3v) is 2.07. The summed E-state index contributed by atoms with van der Waals surface area (Å²) < 4.78 is 11.8. The molecule has 74 valence electrons. The molecule has 12 heavy (non-hydrogen) atoms. The van der Waals surface area contributed by atoms with Crippen molar-refractivity contribution in [2.24, 2.45) is 0 Å². The number of rotatable bonds is 8. The van der Waals surface area contributed by atoms with E-state index in [2.05, 4.69) is 6.92 Å². The second-order valence-electron chi connectivity index (χ2n) is 3.36. The van der Waals surface area contributed by atoms with E-state index in [0.29, 0.717) is 6.42 Å². The average Bonchev–Trinajstić information content (AvgIpc) is 2.10. The number of unbranched alkanes of at least 4 members (excludes halogenated alkanes) is 5. The van der Waals surface area contributed by atoms with Crippen LogP contribution in [0.4, 0.5) is 4.39 Å². The normalized spacial score (nSPS) is 13.2. The Bertz CT molecular complexity index is 85.9. The zero-order valence-corrected chi connectivity index (χ0v) is 8.06. The summed E-state index contributed by atoms with van der Waals surface area (Å²) in [5.74, 6) is 0. The predicted molar refractivity (Wildman–Crippen MR) is 50.0 cm³/mol. The SMILES string of the molecule is CCCCCCCCC(O)CF. The largest absolute Gasteiger partial charge is 0.390 e. The highest BCUT2D eigenvalue weighted by atomic mass is 19.1. The van der Waals surface area contributed by atoms with E-state index in [1.807, 2.05) is 0 Å². The Balaban J connectivity index is 2.90. The van der Waals surface area contributed by atoms with E-state index in [9.17, 15) is 4.39 Å². The number of alkyl halides is 1. The molecule has 0 saturated heterocycles. The lowest BCUT2D eigenvalue weighted by Gasteiger charge is -2.04. The van der Waals surface area contributed by atoms with Crippen LogP contribution in [0.1, 0.15) is 51.9 Å². The van der Waals surface area contributed by atoms with Crippen LogP contribution in [0.15, 0.2) is 0 Å². The van der Waals surface area contributed by atoms with Crippen molar-refractivity contribution in [3.63, 3.8) is 0 Å². The molecule has 0 radical (unpaired) electrons. The molecule has 0 aromatic rings. The van der Waals surface area contributed by atoms with Gasteiger partial charge in [0.2, 0.25) is 0 Å². The average molecular weight is 176 g/mol. The van der Waals surface area contributed by atoms with Gasteiger partial charge in [-0.2, -0.15) is 0 Å². The van der Waals surface area contributed by atoms with Gasteiger partial charge in [-0.05, 0) is 6.42 Å². The van der Waals surface area contributed by atoms with Gasteiger partial charge in [0, 0.05) is 0 Å². The van der Waals surface area contributed by atoms with Crippen molar-refractivity contribution in [2.45, 2.75) is 58.0 Å². The lowest BCUT2D eigenvalue weighted by molar-refractivity contribution is 0.128. The van der Waals surface area contributed by atoms with Crippen LogP contribution in [0.2, 0.25) is 0 Å². The molecule has 1 atom stereocenters. The van der Waals surface area contributed by atoms with Crippen LogP contribution in [0.3, 0.4) is 0 Å². The minimum Gasteiger partial charge on any atom is -0.390 e. The van der Waals surface area contributed by atoms with Crippen LogP contribution in [-0.2, 0) is 0 Å². The third-order valence-electron chi connectivity index (χ3n) is 2.07. The molecule has 1 unspecified atom stereocenters. The highest BCUT2D eigenvalue weighted by Crippen LogP contribution is 2.08. The maximum Gasteiger partial charge on any atom is 0.115 e. The molecule has 2 heteroatoms. The maximum absolute atomic E-state index is 11.8. The minimum atomic E-state index is -0.712. The molecule has 0 aliphatic carbocycles. The molecule has 1 nitrogen and oxygen atoms in total. The molecule has 0 rings (SSSR count). The fraction of sp³-hybridized carbons (Fsp3) is 1.00. The summed E-state index contributed by atoms with van der Waals surface area (Å²) >= 11 is 0. The first-order valence-corrected chi connectivity index (χ1v) is 5.05. The van der Waals surface area contributed by atoms with Crippen molar-refractivity contribution in [3.8, 4) is 0 Å². The summed E-state index contributed by atoms with van der Waals surface area (Å²) in [7, 11) is 0. The van der Waals surface area contributed by atoms with Crippen LogP contribution in [0.5, 0.6) is 0 Å². The monoisotopic (exact) mass is 176 g/mol. The Hall–Kier alpha value is -0.110. The Morgan fingerprint density at radius 2 is 1.67 bits per heavy atom. The number of hydrogen-bond donors (Lipinski definition) is 1. The number of aliphatic hydroxyl groups excluding tert-OH is 1. The topological polar surface area (TPSA) is 20.2 Å². The second-order valence-corrected chi connectivity index (χ2v) is 3.36. The van der Waals surface area contributed by atoms with Gasteiger partial charge in [-0.25, -0.2) is 4.39 Å². The molecule has 1 N–H and O–H groups in total. The van der Waals surface area contributed by atoms with E-state index in [1.165, 1.54) is 25.7 Å². The van der Waals surface area contributed by atoms with Crippen molar-refractivity contribution in [3.05, 3.63) is 0 Å². The molecule has 0 aromatic heterocycles. The molecule has 0 saturated carbocycles. The quantitative estimate of drug-likeness (QED) is 0.563. The van der Waals surface area contributed by atoms with Crippen molar-refractivity contribution < 1.29 is 9.50 Å². The summed E-state index contributed by atoms with van der Waals surface area (Å²) in [6.45, 7) is 1.60. The summed E-state index contributed by atoms with van der Waals surface area (Å²) in [5.41, 5.74) is 0. The first kappa shape index (κ1) is 11.9. The van der Waals surface area contributed by atoms with Gasteiger partial charge in [-0.3, -0.25) is 0 Å². The van der Waals surface area contributed by atoms with Gasteiger partial charge in [-0.15, -0.1) is 0 Å². The van der Waals surface area contributed by atoms with E-state index < -0.39 is 12.8 Å². The summed E-state index contributed by atoms with van der Waals surface area (Å²) in [5, 5.41) is 8.89. The number of halogens is 1. The molecule has 0 spiro atoms. The van der Waals surface area contributed by atoms with Crippen molar-refractivity contribution >= 4 is 0 Å². The molecular formula is C10H21FO. The zero-order chi connectivity index (χ0) is 9.23. The number of hydrogen-bond acceptors (Lipinski definition) is 1. The fourth-order valence-electron chi connectivity index (χ4n) is 1.24. The lowest BCUT2D eigenvalue weighted by Crippen LogP contribution is -2.07. The second kappa shape index (κ2) is 8.98. The molecule has 0 heterocycles. The fourth-order valence-corrected chi connectivity index (χ4v) is 1.24. The molecule has 0 aliphatic heterocycles. The van der Waals surface area contributed by atoms with Crippen molar-refractivity contribution in [1.29, 1.82) is 0 Å². The van der Waals surface area contributed by atoms with Gasteiger partial charge >= 0.3 is 0 Å². The van der Waals surface area contributed by atoms with Gasteiger partial charge in [-0.1, -0.05) is 45.4 Å². The molecule has 0 bridgehead atoms. The van der Waals surface area contributed by atoms with Gasteiger partial charge in [0.15, 0.2) is 0 Å². The highest BCUT2D eigenvalue weighted by Gasteiger charge is 2.01. The lowest BCUT2D eigenvalue weighted by atomic mass is 10.1. The van der Waals surface area contributed by atoms with E-state index in [1.54, 1.807) is 0 Å². The summed E-state index contributed by atoms with van der Waals surface area (Å²) in [6.07, 6.45) is 7.08. The molecule has 0 aromatic carbocycles. The van der Waals surface area contributed by atoms with Crippen LogP contribution in [0.25, 0.3) is 0 Å².